The summed E-state index contributed by atoms with van der Waals surface area (Å²) in [6, 6.07) is 10.1. The first-order valence-corrected chi connectivity index (χ1v) is 12.7. The zero-order chi connectivity index (χ0) is 24.9. The Labute approximate surface area is 199 Å². The highest BCUT2D eigenvalue weighted by Gasteiger charge is 2.37. The van der Waals surface area contributed by atoms with Gasteiger partial charge in [-0.15, -0.1) is 0 Å². The molecule has 0 unspecified atom stereocenters. The van der Waals surface area contributed by atoms with Gasteiger partial charge in [-0.25, -0.2) is 8.78 Å². The highest BCUT2D eigenvalue weighted by atomic mass is 32.2. The van der Waals surface area contributed by atoms with E-state index in [1.54, 1.807) is 26.0 Å². The summed E-state index contributed by atoms with van der Waals surface area (Å²) in [6.45, 7) is 5.33. The Bertz CT molecular complexity index is 1050. The molecule has 10 heteroatoms. The minimum absolute atomic E-state index is 0.290. The number of carbonyl (C=O) groups excluding carboxylic acids is 1. The fourth-order valence-electron chi connectivity index (χ4n) is 4.09. The third kappa shape index (κ3) is 6.52. The SMILES string of the molecule is COC(=O)[C@H](NS(=O)(=O)N(c1ccc(F)cc1)C1CCN(Cc2ccc(F)cc2)CC1)C(C)C. The first-order valence-electron chi connectivity index (χ1n) is 11.2. The second kappa shape index (κ2) is 11.2. The lowest BCUT2D eigenvalue weighted by atomic mass is 10.0. The third-order valence-corrected chi connectivity index (χ3v) is 7.52. The van der Waals surface area contributed by atoms with Crippen LogP contribution in [0.25, 0.3) is 0 Å². The van der Waals surface area contributed by atoms with E-state index in [1.165, 1.54) is 47.8 Å². The smallest absolute Gasteiger partial charge is 0.324 e. The predicted octanol–water partition coefficient (Wildman–Crippen LogP) is 3.47. The molecule has 1 aliphatic rings. The van der Waals surface area contributed by atoms with Gasteiger partial charge in [0.25, 0.3) is 0 Å². The number of anilines is 1. The van der Waals surface area contributed by atoms with Gasteiger partial charge < -0.3 is 4.74 Å². The lowest BCUT2D eigenvalue weighted by Crippen LogP contribution is -2.55. The third-order valence-electron chi connectivity index (χ3n) is 5.95. The average molecular weight is 496 g/mol. The molecule has 0 aliphatic carbocycles. The molecule has 0 aromatic heterocycles. The van der Waals surface area contributed by atoms with Crippen LogP contribution in [0.1, 0.15) is 32.3 Å². The molecule has 1 saturated heterocycles. The maximum Gasteiger partial charge on any atom is 0.324 e. The first kappa shape index (κ1) is 26.1. The van der Waals surface area contributed by atoms with Crippen molar-refractivity contribution in [3.63, 3.8) is 0 Å². The monoisotopic (exact) mass is 495 g/mol. The number of hydrogen-bond donors (Lipinski definition) is 1. The van der Waals surface area contributed by atoms with Crippen LogP contribution in [0.5, 0.6) is 0 Å². The van der Waals surface area contributed by atoms with Gasteiger partial charge in [0.05, 0.1) is 12.8 Å². The van der Waals surface area contributed by atoms with Gasteiger partial charge in [-0.3, -0.25) is 14.0 Å². The average Bonchev–Trinajstić information content (AvgIpc) is 2.81. The van der Waals surface area contributed by atoms with Crippen molar-refractivity contribution in [2.24, 2.45) is 5.92 Å². The lowest BCUT2D eigenvalue weighted by Gasteiger charge is -2.39. The summed E-state index contributed by atoms with van der Waals surface area (Å²) in [5, 5.41) is 0. The molecule has 1 aliphatic heterocycles. The first-order chi connectivity index (χ1) is 16.1. The Morgan fingerprint density at radius 1 is 1.06 bits per heavy atom. The van der Waals surface area contributed by atoms with Crippen molar-refractivity contribution < 1.29 is 26.7 Å². The van der Waals surface area contributed by atoms with Crippen molar-refractivity contribution >= 4 is 21.9 Å². The number of piperidine rings is 1. The lowest BCUT2D eigenvalue weighted by molar-refractivity contribution is -0.143. The molecular formula is C24H31F2N3O4S. The highest BCUT2D eigenvalue weighted by molar-refractivity contribution is 7.91. The van der Waals surface area contributed by atoms with E-state index in [-0.39, 0.29) is 11.7 Å². The van der Waals surface area contributed by atoms with Crippen molar-refractivity contribution in [2.75, 3.05) is 24.5 Å². The van der Waals surface area contributed by atoms with Crippen LogP contribution in [0.2, 0.25) is 0 Å². The molecule has 0 radical (unpaired) electrons. The van der Waals surface area contributed by atoms with E-state index >= 15 is 0 Å². The van der Waals surface area contributed by atoms with Crippen LogP contribution >= 0.6 is 0 Å². The van der Waals surface area contributed by atoms with Crippen molar-refractivity contribution in [2.45, 2.75) is 45.3 Å². The number of nitrogens with one attached hydrogen (secondary N) is 1. The van der Waals surface area contributed by atoms with E-state index < -0.39 is 34.1 Å². The minimum atomic E-state index is -4.17. The molecule has 0 spiro atoms. The number of nitrogens with zero attached hydrogens (tertiary/aromatic N) is 2. The molecule has 0 amide bonds. The second-order valence-electron chi connectivity index (χ2n) is 8.77. The van der Waals surface area contributed by atoms with Gasteiger partial charge >= 0.3 is 16.2 Å². The summed E-state index contributed by atoms with van der Waals surface area (Å²) in [6.07, 6.45) is 1.06. The van der Waals surface area contributed by atoms with Crippen LogP contribution in [-0.2, 0) is 26.3 Å². The van der Waals surface area contributed by atoms with Crippen LogP contribution in [-0.4, -0.2) is 51.6 Å². The van der Waals surface area contributed by atoms with Crippen molar-refractivity contribution in [1.29, 1.82) is 0 Å². The van der Waals surface area contributed by atoms with Crippen molar-refractivity contribution in [3.05, 3.63) is 65.7 Å². The molecule has 1 atom stereocenters. The predicted molar refractivity (Wildman–Crippen MR) is 126 cm³/mol. The van der Waals surface area contributed by atoms with E-state index in [4.69, 9.17) is 4.74 Å². The number of esters is 1. The van der Waals surface area contributed by atoms with Crippen LogP contribution in [0.4, 0.5) is 14.5 Å². The molecule has 2 aromatic carbocycles. The van der Waals surface area contributed by atoms with Crippen LogP contribution < -0.4 is 9.03 Å². The number of rotatable bonds is 9. The zero-order valence-electron chi connectivity index (χ0n) is 19.6. The molecule has 1 fully saturated rings. The van der Waals surface area contributed by atoms with Crippen LogP contribution in [0.15, 0.2) is 48.5 Å². The molecule has 3 rings (SSSR count). The summed E-state index contributed by atoms with van der Waals surface area (Å²) in [4.78, 5) is 14.4. The Balaban J connectivity index is 1.80. The number of methoxy groups -OCH3 is 1. The molecule has 7 nitrogen and oxygen atoms in total. The van der Waals surface area contributed by atoms with E-state index in [1.807, 2.05) is 0 Å². The minimum Gasteiger partial charge on any atom is -0.468 e. The highest BCUT2D eigenvalue weighted by Crippen LogP contribution is 2.28. The van der Waals surface area contributed by atoms with Crippen molar-refractivity contribution in [1.82, 2.24) is 9.62 Å². The molecule has 2 aromatic rings. The molecule has 186 valence electrons. The largest absolute Gasteiger partial charge is 0.468 e. The topological polar surface area (TPSA) is 78.9 Å². The maximum absolute atomic E-state index is 13.6. The van der Waals surface area contributed by atoms with Gasteiger partial charge in [0.15, 0.2) is 0 Å². The summed E-state index contributed by atoms with van der Waals surface area (Å²) in [5.74, 6) is -1.78. The molecular weight excluding hydrogens is 464 g/mol. The van der Waals surface area contributed by atoms with Gasteiger partial charge in [-0.05, 0) is 60.7 Å². The fourth-order valence-corrected chi connectivity index (χ4v) is 5.90. The van der Waals surface area contributed by atoms with E-state index in [0.717, 1.165) is 5.56 Å². The summed E-state index contributed by atoms with van der Waals surface area (Å²) >= 11 is 0. The number of halogens is 2. The van der Waals surface area contributed by atoms with Crippen molar-refractivity contribution in [3.8, 4) is 0 Å². The summed E-state index contributed by atoms with van der Waals surface area (Å²) < 4.78 is 62.3. The van der Waals surface area contributed by atoms with Gasteiger partial charge in [0.2, 0.25) is 0 Å². The molecule has 0 bridgehead atoms. The molecule has 34 heavy (non-hydrogen) atoms. The number of carbonyl (C=O) groups is 1. The van der Waals surface area contributed by atoms with Gasteiger partial charge in [0.1, 0.15) is 17.7 Å². The number of ether oxygens (including phenoxy) is 1. The normalized spacial score (nSPS) is 16.4. The standard InChI is InChI=1S/C24H31F2N3O4S/c1-17(2)23(24(30)33-3)27-34(31,32)29(21-10-8-20(26)9-11-21)22-12-14-28(15-13-22)16-18-4-6-19(25)7-5-18/h4-11,17,22-23,27H,12-16H2,1-3H3/t23-/m1/s1. The molecule has 1 heterocycles. The zero-order valence-corrected chi connectivity index (χ0v) is 20.4. The fraction of sp³-hybridized carbons (Fsp3) is 0.458. The Hall–Kier alpha value is -2.56. The summed E-state index contributed by atoms with van der Waals surface area (Å²) in [7, 11) is -2.96. The Kier molecular flexibility index (Phi) is 8.62. The molecule has 0 saturated carbocycles. The van der Waals surface area contributed by atoms with E-state index in [0.29, 0.717) is 38.2 Å². The number of benzene rings is 2. The van der Waals surface area contributed by atoms with Crippen LogP contribution in [0, 0.1) is 17.6 Å². The Morgan fingerprint density at radius 3 is 2.09 bits per heavy atom. The quantitative estimate of drug-likeness (QED) is 0.539. The summed E-state index contributed by atoms with van der Waals surface area (Å²) in [5.41, 5.74) is 1.29. The van der Waals surface area contributed by atoms with Gasteiger partial charge in [-0.2, -0.15) is 13.1 Å². The molecule has 1 N–H and O–H groups in total. The maximum atomic E-state index is 13.6. The second-order valence-corrected chi connectivity index (χ2v) is 10.4. The van der Waals surface area contributed by atoms with E-state index in [9.17, 15) is 22.0 Å². The number of likely N-dealkylation sites (tertiary alicyclic amines) is 1. The number of hydrogen-bond acceptors (Lipinski definition) is 5. The van der Waals surface area contributed by atoms with Gasteiger partial charge in [-0.1, -0.05) is 26.0 Å². The van der Waals surface area contributed by atoms with Crippen LogP contribution in [0.3, 0.4) is 0 Å². The Morgan fingerprint density at radius 2 is 1.59 bits per heavy atom. The van der Waals surface area contributed by atoms with E-state index in [2.05, 4.69) is 9.62 Å². The van der Waals surface area contributed by atoms with Gasteiger partial charge in [0, 0.05) is 25.7 Å².